The molecule has 0 aromatic heterocycles. The molecule has 1 aromatic carbocycles. The van der Waals surface area contributed by atoms with Crippen molar-refractivity contribution < 1.29 is 23.9 Å². The first-order valence-electron chi connectivity index (χ1n) is 5.78. The maximum absolute atomic E-state index is 12.1. The minimum absolute atomic E-state index is 0.281. The zero-order chi connectivity index (χ0) is 14.3. The van der Waals surface area contributed by atoms with Crippen LogP contribution in [0.3, 0.4) is 0 Å². The first-order chi connectivity index (χ1) is 9.58. The minimum atomic E-state index is -0.610. The zero-order valence-corrected chi connectivity index (χ0v) is 10.1. The molecule has 2 heterocycles. The fourth-order valence-electron chi connectivity index (χ4n) is 2.03. The molecule has 0 N–H and O–H groups in total. The molecule has 98 valence electrons. The lowest BCUT2D eigenvalue weighted by Gasteiger charge is -2.09. The van der Waals surface area contributed by atoms with Crippen LogP contribution in [0, 0.1) is 0 Å². The van der Waals surface area contributed by atoms with E-state index in [0.717, 1.165) is 21.7 Å². The van der Waals surface area contributed by atoms with E-state index in [1.807, 2.05) is 0 Å². The highest BCUT2D eigenvalue weighted by Gasteiger charge is 2.40. The molecule has 0 spiro atoms. The van der Waals surface area contributed by atoms with Gasteiger partial charge < -0.3 is 0 Å². The Kier molecular flexibility index (Phi) is 2.60. The van der Waals surface area contributed by atoms with Crippen molar-refractivity contribution in [3.05, 3.63) is 47.5 Å². The molecular weight excluding hydrogens is 262 g/mol. The third-order valence-corrected chi connectivity index (χ3v) is 3.00. The summed E-state index contributed by atoms with van der Waals surface area (Å²) in [6.07, 6.45) is 2.08. The van der Waals surface area contributed by atoms with Gasteiger partial charge in [0.15, 0.2) is 0 Å². The van der Waals surface area contributed by atoms with E-state index in [2.05, 4.69) is 5.11 Å². The van der Waals surface area contributed by atoms with Gasteiger partial charge in [0.05, 0.1) is 17.2 Å². The average molecular weight is 270 g/mol. The summed E-state index contributed by atoms with van der Waals surface area (Å²) in [6.45, 7) is -0.374. The van der Waals surface area contributed by atoms with Gasteiger partial charge in [-0.2, -0.15) is 0 Å². The van der Waals surface area contributed by atoms with Gasteiger partial charge in [-0.05, 0) is 16.8 Å². The molecule has 0 atom stereocenters. The maximum atomic E-state index is 12.1. The molecule has 3 rings (SSSR count). The number of imide groups is 1. The van der Waals surface area contributed by atoms with Crippen LogP contribution in [0.5, 0.6) is 0 Å². The Balaban J connectivity index is 1.91. The van der Waals surface area contributed by atoms with Gasteiger partial charge >= 0.3 is 11.8 Å². The van der Waals surface area contributed by atoms with Gasteiger partial charge in [0, 0.05) is 11.2 Å². The molecule has 0 saturated carbocycles. The highest BCUT2D eigenvalue weighted by Crippen LogP contribution is 2.22. The third-order valence-electron chi connectivity index (χ3n) is 3.00. The zero-order valence-electron chi connectivity index (χ0n) is 10.1. The summed E-state index contributed by atoms with van der Waals surface area (Å²) in [4.78, 5) is 47.8. The number of hydrogen-bond acceptors (Lipinski definition) is 4. The molecule has 0 unspecified atom stereocenters. The van der Waals surface area contributed by atoms with Crippen molar-refractivity contribution >= 4 is 23.6 Å². The van der Waals surface area contributed by atoms with Crippen LogP contribution in [-0.4, -0.2) is 39.9 Å². The fraction of sp³-hybridized carbons (Fsp3) is 0.0769. The standard InChI is InChI=1S/C13H8N3O4/c17-10-5-6-11(18)16(14-10)7-15-12(19)8-3-1-2-4-9(8)13(15)20/h1-6H,7H2/q+1. The van der Waals surface area contributed by atoms with Crippen molar-refractivity contribution in [1.29, 1.82) is 0 Å². The normalized spacial score (nSPS) is 17.6. The minimum Gasteiger partial charge on any atom is -0.268 e. The Morgan fingerprint density at radius 1 is 0.950 bits per heavy atom. The summed E-state index contributed by atoms with van der Waals surface area (Å²) in [5.41, 5.74) is 0.563. The van der Waals surface area contributed by atoms with Crippen LogP contribution < -0.4 is 0 Å². The Labute approximate surface area is 112 Å². The smallest absolute Gasteiger partial charge is 0.268 e. The largest absolute Gasteiger partial charge is 0.438 e. The third kappa shape index (κ3) is 1.76. The average Bonchev–Trinajstić information content (AvgIpc) is 2.68. The summed E-state index contributed by atoms with van der Waals surface area (Å²) >= 11 is 0. The van der Waals surface area contributed by atoms with E-state index in [4.69, 9.17) is 0 Å². The number of azo groups is 2. The number of hydrogen-bond donors (Lipinski definition) is 0. The number of amides is 4. The fourth-order valence-corrected chi connectivity index (χ4v) is 2.03. The molecule has 0 radical (unpaired) electrons. The van der Waals surface area contributed by atoms with Gasteiger partial charge in [-0.15, -0.1) is 0 Å². The summed E-state index contributed by atoms with van der Waals surface area (Å²) in [7, 11) is 0. The second-order valence-electron chi connectivity index (χ2n) is 4.23. The summed E-state index contributed by atoms with van der Waals surface area (Å²) in [5, 5.41) is 3.47. The second-order valence-corrected chi connectivity index (χ2v) is 4.23. The molecule has 7 heteroatoms. The summed E-state index contributed by atoms with van der Waals surface area (Å²) < 4.78 is 0.796. The molecule has 20 heavy (non-hydrogen) atoms. The van der Waals surface area contributed by atoms with E-state index in [-0.39, 0.29) is 17.8 Å². The van der Waals surface area contributed by atoms with E-state index in [1.54, 1.807) is 12.1 Å². The Hall–Kier alpha value is -2.96. The van der Waals surface area contributed by atoms with Crippen LogP contribution in [0.2, 0.25) is 0 Å². The first-order valence-corrected chi connectivity index (χ1v) is 5.78. The second kappa shape index (κ2) is 4.30. The molecule has 7 nitrogen and oxygen atoms in total. The van der Waals surface area contributed by atoms with Crippen LogP contribution in [0.1, 0.15) is 20.7 Å². The van der Waals surface area contributed by atoms with Crippen LogP contribution in [0.4, 0.5) is 0 Å². The Morgan fingerprint density at radius 3 is 2.15 bits per heavy atom. The molecule has 1 aromatic rings. The quantitative estimate of drug-likeness (QED) is 0.572. The summed E-state index contributed by atoms with van der Waals surface area (Å²) in [5.74, 6) is -2.17. The molecule has 2 aliphatic rings. The van der Waals surface area contributed by atoms with Gasteiger partial charge in [0.2, 0.25) is 0 Å². The number of fused-ring (bicyclic) bond motifs is 1. The van der Waals surface area contributed by atoms with Crippen molar-refractivity contribution in [2.75, 3.05) is 6.67 Å². The molecule has 0 fully saturated rings. The lowest BCUT2D eigenvalue weighted by molar-refractivity contribution is -0.519. The maximum Gasteiger partial charge on any atom is 0.438 e. The number of benzene rings is 1. The number of carbonyl (C=O) groups excluding carboxylic acids is 4. The van der Waals surface area contributed by atoms with Crippen molar-refractivity contribution in [3.63, 3.8) is 0 Å². The molecule has 4 amide bonds. The number of carbonyl (C=O) groups is 4. The first kappa shape index (κ1) is 12.1. The van der Waals surface area contributed by atoms with Gasteiger partial charge in [0.1, 0.15) is 0 Å². The molecule has 0 saturated heterocycles. The predicted octanol–water partition coefficient (Wildman–Crippen LogP) is 0.328. The SMILES string of the molecule is O=C1C=CC(=O)[N+](CN2C(=O)c3ccccc3C2=O)=N1. The van der Waals surface area contributed by atoms with E-state index in [1.165, 1.54) is 12.1 Å². The van der Waals surface area contributed by atoms with Crippen molar-refractivity contribution in [3.8, 4) is 0 Å². The van der Waals surface area contributed by atoms with Crippen molar-refractivity contribution in [2.24, 2.45) is 5.11 Å². The van der Waals surface area contributed by atoms with E-state index >= 15 is 0 Å². The monoisotopic (exact) mass is 270 g/mol. The van der Waals surface area contributed by atoms with Crippen molar-refractivity contribution in [1.82, 2.24) is 4.90 Å². The number of nitrogens with zero attached hydrogens (tertiary/aromatic N) is 3. The highest BCUT2D eigenvalue weighted by molar-refractivity contribution is 6.21. The van der Waals surface area contributed by atoms with Gasteiger partial charge in [-0.3, -0.25) is 14.4 Å². The van der Waals surface area contributed by atoms with Gasteiger partial charge in [0.25, 0.3) is 18.5 Å². The van der Waals surface area contributed by atoms with Gasteiger partial charge in [-0.1, -0.05) is 12.1 Å². The van der Waals surface area contributed by atoms with Crippen LogP contribution in [0.15, 0.2) is 41.5 Å². The Morgan fingerprint density at radius 2 is 1.55 bits per heavy atom. The van der Waals surface area contributed by atoms with Crippen LogP contribution >= 0.6 is 0 Å². The summed E-state index contributed by atoms with van der Waals surface area (Å²) in [6, 6.07) is 6.37. The van der Waals surface area contributed by atoms with Crippen LogP contribution in [-0.2, 0) is 9.59 Å². The van der Waals surface area contributed by atoms with Gasteiger partial charge in [-0.25, -0.2) is 9.69 Å². The molecule has 0 aliphatic carbocycles. The topological polar surface area (TPSA) is 86.9 Å². The lowest BCUT2D eigenvalue weighted by Crippen LogP contribution is -2.39. The predicted molar refractivity (Wildman–Crippen MR) is 63.7 cm³/mol. The van der Waals surface area contributed by atoms with Crippen LogP contribution in [0.25, 0.3) is 0 Å². The Bertz CT molecular complexity index is 698. The number of rotatable bonds is 2. The van der Waals surface area contributed by atoms with E-state index in [9.17, 15) is 19.2 Å². The van der Waals surface area contributed by atoms with E-state index < -0.39 is 23.6 Å². The molecule has 0 bridgehead atoms. The van der Waals surface area contributed by atoms with Crippen molar-refractivity contribution in [2.45, 2.75) is 0 Å². The van der Waals surface area contributed by atoms with E-state index in [0.29, 0.717) is 0 Å². The highest BCUT2D eigenvalue weighted by atomic mass is 16.2. The lowest BCUT2D eigenvalue weighted by atomic mass is 10.1. The molecular formula is C13H8N3O4+. The molecule has 2 aliphatic heterocycles.